The van der Waals surface area contributed by atoms with Gasteiger partial charge in [0.2, 0.25) is 0 Å². The topological polar surface area (TPSA) is 28.2 Å². The van der Waals surface area contributed by atoms with E-state index in [2.05, 4.69) is 37.9 Å². The van der Waals surface area contributed by atoms with Crippen molar-refractivity contribution in [2.75, 3.05) is 25.0 Å². The third-order valence-electron chi connectivity index (χ3n) is 4.25. The minimum absolute atomic E-state index is 0.400. The van der Waals surface area contributed by atoms with E-state index in [1.807, 2.05) is 18.4 Å². The monoisotopic (exact) mass is 267 g/mol. The fraction of sp³-hybridized carbons (Fsp3) is 0.786. The van der Waals surface area contributed by atoms with Crippen LogP contribution in [-0.2, 0) is 0 Å². The van der Waals surface area contributed by atoms with E-state index in [0.29, 0.717) is 6.04 Å². The number of thiazole rings is 1. The molecule has 0 bridgehead atoms. The average molecular weight is 267 g/mol. The third-order valence-corrected chi connectivity index (χ3v) is 5.65. The Morgan fingerprint density at radius 3 is 2.72 bits per heavy atom. The molecule has 0 spiro atoms. The molecule has 1 fully saturated rings. The standard InChI is InChI=1S/C14H25N3S/c1-9-6-7-17(8-10(9)2)14-16-12(4)13(18-14)11(3)15-5/h9-11,15H,6-8H2,1-5H3. The highest BCUT2D eigenvalue weighted by Gasteiger charge is 2.25. The Bertz CT molecular complexity index is 402. The van der Waals surface area contributed by atoms with Gasteiger partial charge in [0.05, 0.1) is 5.69 Å². The molecule has 1 saturated heterocycles. The van der Waals surface area contributed by atoms with Crippen molar-refractivity contribution in [2.45, 2.75) is 40.2 Å². The predicted molar refractivity (Wildman–Crippen MR) is 79.5 cm³/mol. The molecule has 1 N–H and O–H groups in total. The van der Waals surface area contributed by atoms with Crippen LogP contribution in [0.25, 0.3) is 0 Å². The minimum atomic E-state index is 0.400. The molecule has 0 amide bonds. The molecule has 1 aromatic heterocycles. The number of hydrogen-bond acceptors (Lipinski definition) is 4. The SMILES string of the molecule is CNC(C)c1sc(N2CCC(C)C(C)C2)nc1C. The lowest BCUT2D eigenvalue weighted by Gasteiger charge is -2.35. The lowest BCUT2D eigenvalue weighted by molar-refractivity contribution is 0.324. The Morgan fingerprint density at radius 2 is 2.11 bits per heavy atom. The van der Waals surface area contributed by atoms with Crippen molar-refractivity contribution >= 4 is 16.5 Å². The normalized spacial score (nSPS) is 26.4. The molecule has 1 aromatic rings. The minimum Gasteiger partial charge on any atom is -0.348 e. The largest absolute Gasteiger partial charge is 0.348 e. The fourth-order valence-electron chi connectivity index (χ4n) is 2.50. The highest BCUT2D eigenvalue weighted by atomic mass is 32.1. The van der Waals surface area contributed by atoms with Crippen LogP contribution in [0.15, 0.2) is 0 Å². The van der Waals surface area contributed by atoms with E-state index in [-0.39, 0.29) is 0 Å². The Hall–Kier alpha value is -0.610. The average Bonchev–Trinajstić information content (AvgIpc) is 2.74. The summed E-state index contributed by atoms with van der Waals surface area (Å²) in [4.78, 5) is 8.61. The van der Waals surface area contributed by atoms with E-state index in [9.17, 15) is 0 Å². The molecule has 0 aliphatic carbocycles. The molecular formula is C14H25N3S. The van der Waals surface area contributed by atoms with Crippen molar-refractivity contribution in [3.63, 3.8) is 0 Å². The molecular weight excluding hydrogens is 242 g/mol. The smallest absolute Gasteiger partial charge is 0.185 e. The van der Waals surface area contributed by atoms with Crippen molar-refractivity contribution in [1.82, 2.24) is 10.3 Å². The number of rotatable bonds is 3. The van der Waals surface area contributed by atoms with Crippen LogP contribution in [0.4, 0.5) is 5.13 Å². The van der Waals surface area contributed by atoms with Gasteiger partial charge >= 0.3 is 0 Å². The zero-order chi connectivity index (χ0) is 13.3. The molecule has 0 aromatic carbocycles. The van der Waals surface area contributed by atoms with Crippen LogP contribution in [0, 0.1) is 18.8 Å². The first-order valence-electron chi connectivity index (χ1n) is 6.92. The Morgan fingerprint density at radius 1 is 1.39 bits per heavy atom. The molecule has 4 heteroatoms. The first-order chi connectivity index (χ1) is 8.52. The molecule has 1 aliphatic rings. The van der Waals surface area contributed by atoms with Crippen molar-refractivity contribution in [2.24, 2.45) is 11.8 Å². The number of anilines is 1. The van der Waals surface area contributed by atoms with Crippen molar-refractivity contribution < 1.29 is 0 Å². The number of nitrogens with one attached hydrogen (secondary N) is 1. The van der Waals surface area contributed by atoms with Crippen LogP contribution in [0.5, 0.6) is 0 Å². The summed E-state index contributed by atoms with van der Waals surface area (Å²) in [7, 11) is 2.01. The molecule has 2 heterocycles. The molecule has 3 atom stereocenters. The van der Waals surface area contributed by atoms with Crippen LogP contribution in [0.2, 0.25) is 0 Å². The van der Waals surface area contributed by atoms with Gasteiger partial charge in [-0.15, -0.1) is 11.3 Å². The molecule has 2 rings (SSSR count). The molecule has 3 nitrogen and oxygen atoms in total. The summed E-state index contributed by atoms with van der Waals surface area (Å²) < 4.78 is 0. The Kier molecular flexibility index (Phi) is 4.28. The van der Waals surface area contributed by atoms with Gasteiger partial charge < -0.3 is 10.2 Å². The van der Waals surface area contributed by atoms with Crippen LogP contribution in [0.1, 0.15) is 43.8 Å². The van der Waals surface area contributed by atoms with Gasteiger partial charge in [-0.2, -0.15) is 0 Å². The van der Waals surface area contributed by atoms with Crippen LogP contribution < -0.4 is 10.2 Å². The second kappa shape index (κ2) is 5.57. The maximum absolute atomic E-state index is 4.77. The highest BCUT2D eigenvalue weighted by molar-refractivity contribution is 7.15. The van der Waals surface area contributed by atoms with Gasteiger partial charge in [-0.25, -0.2) is 4.98 Å². The number of hydrogen-bond donors (Lipinski definition) is 1. The Labute approximate surface area is 115 Å². The fourth-order valence-corrected chi connectivity index (χ4v) is 3.66. The van der Waals surface area contributed by atoms with Crippen LogP contribution >= 0.6 is 11.3 Å². The third kappa shape index (κ3) is 2.69. The van der Waals surface area contributed by atoms with E-state index in [4.69, 9.17) is 4.98 Å². The summed E-state index contributed by atoms with van der Waals surface area (Å²) in [6.45, 7) is 11.4. The van der Waals surface area contributed by atoms with Crippen LogP contribution in [0.3, 0.4) is 0 Å². The summed E-state index contributed by atoms with van der Waals surface area (Å²) in [5.41, 5.74) is 1.18. The lowest BCUT2D eigenvalue weighted by atomic mass is 9.89. The number of aromatic nitrogens is 1. The van der Waals surface area contributed by atoms with Gasteiger partial charge in [0.25, 0.3) is 0 Å². The summed E-state index contributed by atoms with van der Waals surface area (Å²) in [5, 5.41) is 4.52. The van der Waals surface area contributed by atoms with Crippen LogP contribution in [-0.4, -0.2) is 25.1 Å². The highest BCUT2D eigenvalue weighted by Crippen LogP contribution is 2.33. The summed E-state index contributed by atoms with van der Waals surface area (Å²) in [5.74, 6) is 1.62. The maximum atomic E-state index is 4.77. The van der Waals surface area contributed by atoms with Gasteiger partial charge in [0, 0.05) is 24.0 Å². The molecule has 0 saturated carbocycles. The van der Waals surface area contributed by atoms with E-state index in [1.54, 1.807) is 0 Å². The van der Waals surface area contributed by atoms with E-state index < -0.39 is 0 Å². The first-order valence-corrected chi connectivity index (χ1v) is 7.74. The van der Waals surface area contributed by atoms with Crippen molar-refractivity contribution in [3.8, 4) is 0 Å². The first kappa shape index (κ1) is 13.8. The van der Waals surface area contributed by atoms with Gasteiger partial charge in [-0.1, -0.05) is 13.8 Å². The lowest BCUT2D eigenvalue weighted by Crippen LogP contribution is -2.38. The zero-order valence-corrected chi connectivity index (χ0v) is 13.0. The van der Waals surface area contributed by atoms with Gasteiger partial charge in [-0.3, -0.25) is 0 Å². The Balaban J connectivity index is 2.14. The molecule has 1 aliphatic heterocycles. The quantitative estimate of drug-likeness (QED) is 0.911. The predicted octanol–water partition coefficient (Wildman–Crippen LogP) is 3.21. The van der Waals surface area contributed by atoms with E-state index in [0.717, 1.165) is 24.9 Å². The second-order valence-corrected chi connectivity index (χ2v) is 6.65. The number of aryl methyl sites for hydroxylation is 1. The summed E-state index contributed by atoms with van der Waals surface area (Å²) in [6, 6.07) is 0.400. The summed E-state index contributed by atoms with van der Waals surface area (Å²) >= 11 is 1.85. The van der Waals surface area contributed by atoms with Gasteiger partial charge in [0.1, 0.15) is 0 Å². The molecule has 18 heavy (non-hydrogen) atoms. The van der Waals surface area contributed by atoms with Gasteiger partial charge in [0.15, 0.2) is 5.13 Å². The van der Waals surface area contributed by atoms with E-state index in [1.165, 1.54) is 22.1 Å². The van der Waals surface area contributed by atoms with Crippen molar-refractivity contribution in [1.29, 1.82) is 0 Å². The molecule has 102 valence electrons. The number of piperidine rings is 1. The second-order valence-electron chi connectivity index (χ2n) is 5.65. The van der Waals surface area contributed by atoms with Crippen molar-refractivity contribution in [3.05, 3.63) is 10.6 Å². The zero-order valence-electron chi connectivity index (χ0n) is 12.2. The molecule has 0 radical (unpaired) electrons. The summed E-state index contributed by atoms with van der Waals surface area (Å²) in [6.07, 6.45) is 1.29. The number of nitrogens with zero attached hydrogens (tertiary/aromatic N) is 2. The van der Waals surface area contributed by atoms with E-state index >= 15 is 0 Å². The maximum Gasteiger partial charge on any atom is 0.185 e. The van der Waals surface area contributed by atoms with Gasteiger partial charge in [-0.05, 0) is 39.2 Å². The molecule has 3 unspecified atom stereocenters.